The molecule has 0 saturated heterocycles. The van der Waals surface area contributed by atoms with Crippen molar-refractivity contribution in [2.75, 3.05) is 11.4 Å². The Bertz CT molecular complexity index is 978. The van der Waals surface area contributed by atoms with Gasteiger partial charge in [0.1, 0.15) is 5.76 Å². The number of nitrogens with zero attached hydrogens (tertiary/aromatic N) is 2. The van der Waals surface area contributed by atoms with Crippen molar-refractivity contribution in [2.45, 2.75) is 52.1 Å². The Balaban J connectivity index is 1.30. The summed E-state index contributed by atoms with van der Waals surface area (Å²) in [5.41, 5.74) is 4.31. The van der Waals surface area contributed by atoms with Crippen LogP contribution in [0, 0.1) is 6.92 Å². The number of amides is 1. The van der Waals surface area contributed by atoms with Crippen molar-refractivity contribution in [1.82, 2.24) is 10.3 Å². The van der Waals surface area contributed by atoms with Crippen molar-refractivity contribution in [2.24, 2.45) is 0 Å². The summed E-state index contributed by atoms with van der Waals surface area (Å²) in [5.74, 6) is 0.670. The molecule has 1 unspecified atom stereocenters. The zero-order valence-electron chi connectivity index (χ0n) is 17.0. The molecular formula is C23H27N3O2S. The van der Waals surface area contributed by atoms with Gasteiger partial charge in [0.15, 0.2) is 0 Å². The summed E-state index contributed by atoms with van der Waals surface area (Å²) in [5, 5.41) is 6.29. The first-order chi connectivity index (χ1) is 14.1. The predicted octanol–water partition coefficient (Wildman–Crippen LogP) is 4.75. The number of carbonyl (C=O) groups excluding carboxylic acids is 1. The summed E-state index contributed by atoms with van der Waals surface area (Å²) in [6.07, 6.45) is 5.57. The molecule has 1 amide bonds. The number of hydrogen-bond donors (Lipinski definition) is 1. The van der Waals surface area contributed by atoms with Crippen molar-refractivity contribution < 1.29 is 9.21 Å². The maximum Gasteiger partial charge on any atom is 0.254 e. The highest BCUT2D eigenvalue weighted by Crippen LogP contribution is 2.33. The average molecular weight is 410 g/mol. The molecule has 3 aromatic rings. The van der Waals surface area contributed by atoms with Crippen LogP contribution in [0.1, 0.15) is 52.1 Å². The molecule has 0 bridgehead atoms. The number of anilines is 1. The number of hydrogen-bond acceptors (Lipinski definition) is 5. The highest BCUT2D eigenvalue weighted by atomic mass is 32.1. The van der Waals surface area contributed by atoms with Gasteiger partial charge in [-0.05, 0) is 57.2 Å². The molecule has 0 aliphatic carbocycles. The van der Waals surface area contributed by atoms with Gasteiger partial charge in [0.2, 0.25) is 0 Å². The summed E-state index contributed by atoms with van der Waals surface area (Å²) < 4.78 is 5.69. The number of rotatable bonds is 8. The van der Waals surface area contributed by atoms with Gasteiger partial charge in [-0.3, -0.25) is 4.79 Å². The topological polar surface area (TPSA) is 58.4 Å². The van der Waals surface area contributed by atoms with E-state index in [0.29, 0.717) is 24.7 Å². The number of para-hydroxylation sites is 1. The Labute approximate surface area is 175 Å². The lowest BCUT2D eigenvalue weighted by atomic mass is 10.1. The largest absolute Gasteiger partial charge is 0.467 e. The van der Waals surface area contributed by atoms with E-state index in [1.165, 1.54) is 16.3 Å². The zero-order chi connectivity index (χ0) is 20.2. The molecule has 0 saturated carbocycles. The number of nitrogens with one attached hydrogen (secondary N) is 1. The predicted molar refractivity (Wildman–Crippen MR) is 117 cm³/mol. The fraction of sp³-hybridized carbons (Fsp3) is 0.391. The van der Waals surface area contributed by atoms with Gasteiger partial charge in [0.25, 0.3) is 5.91 Å². The monoisotopic (exact) mass is 409 g/mol. The smallest absolute Gasteiger partial charge is 0.254 e. The van der Waals surface area contributed by atoms with Crippen LogP contribution in [0.2, 0.25) is 0 Å². The number of aryl methyl sites for hydroxylation is 2. The van der Waals surface area contributed by atoms with E-state index < -0.39 is 0 Å². The maximum absolute atomic E-state index is 12.7. The summed E-state index contributed by atoms with van der Waals surface area (Å²) in [7, 11) is 0. The Hall–Kier alpha value is -2.60. The highest BCUT2D eigenvalue weighted by Gasteiger charge is 2.27. The van der Waals surface area contributed by atoms with Crippen LogP contribution in [-0.4, -0.2) is 23.5 Å². The number of benzene rings is 1. The fourth-order valence-electron chi connectivity index (χ4n) is 3.91. The summed E-state index contributed by atoms with van der Waals surface area (Å²) in [6.45, 7) is 5.50. The second-order valence-electron chi connectivity index (χ2n) is 7.66. The standard InChI is InChI=1S/C23H27N3O2S/c1-16-15-29-22(25-16)9-5-6-11-24-23(27)19-10-12-28-21(19)14-26-17(2)13-18-7-3-4-8-20(18)26/h3-4,7-8,10,12,15,17H,5-6,9,11,13-14H2,1-2H3,(H,24,27). The Kier molecular flexibility index (Phi) is 6.00. The van der Waals surface area contributed by atoms with E-state index in [1.807, 2.05) is 6.92 Å². The molecule has 1 atom stereocenters. The third-order valence-corrected chi connectivity index (χ3v) is 6.45. The molecule has 5 nitrogen and oxygen atoms in total. The van der Waals surface area contributed by atoms with E-state index in [4.69, 9.17) is 4.42 Å². The number of furan rings is 1. The van der Waals surface area contributed by atoms with Crippen molar-refractivity contribution >= 4 is 22.9 Å². The van der Waals surface area contributed by atoms with Crippen LogP contribution >= 0.6 is 11.3 Å². The van der Waals surface area contributed by atoms with Crippen LogP contribution in [0.25, 0.3) is 0 Å². The SMILES string of the molecule is Cc1csc(CCCCNC(=O)c2ccoc2CN2c3ccccc3CC2C)n1. The number of unbranched alkanes of at least 4 members (excludes halogenated alkanes) is 1. The Morgan fingerprint density at radius 3 is 3.00 bits per heavy atom. The van der Waals surface area contributed by atoms with E-state index in [2.05, 4.69) is 51.8 Å². The maximum atomic E-state index is 12.7. The summed E-state index contributed by atoms with van der Waals surface area (Å²) in [4.78, 5) is 19.5. The van der Waals surface area contributed by atoms with Crippen LogP contribution in [0.3, 0.4) is 0 Å². The number of aromatic nitrogens is 1. The van der Waals surface area contributed by atoms with E-state index in [-0.39, 0.29) is 5.91 Å². The van der Waals surface area contributed by atoms with Crippen LogP contribution in [0.5, 0.6) is 0 Å². The molecule has 3 heterocycles. The molecule has 0 radical (unpaired) electrons. The third kappa shape index (κ3) is 4.53. The van der Waals surface area contributed by atoms with Crippen molar-refractivity contribution in [3.63, 3.8) is 0 Å². The van der Waals surface area contributed by atoms with E-state index in [0.717, 1.165) is 37.1 Å². The van der Waals surface area contributed by atoms with Crippen LogP contribution in [-0.2, 0) is 19.4 Å². The minimum atomic E-state index is -0.0565. The van der Waals surface area contributed by atoms with Crippen LogP contribution in [0.4, 0.5) is 5.69 Å². The molecule has 152 valence electrons. The molecule has 29 heavy (non-hydrogen) atoms. The molecule has 1 N–H and O–H groups in total. The minimum Gasteiger partial charge on any atom is -0.467 e. The lowest BCUT2D eigenvalue weighted by Gasteiger charge is -2.24. The van der Waals surface area contributed by atoms with Gasteiger partial charge in [-0.2, -0.15) is 0 Å². The molecule has 1 aliphatic heterocycles. The van der Waals surface area contributed by atoms with Gasteiger partial charge in [0.05, 0.1) is 23.4 Å². The van der Waals surface area contributed by atoms with Gasteiger partial charge in [0, 0.05) is 29.3 Å². The van der Waals surface area contributed by atoms with Gasteiger partial charge in [-0.25, -0.2) is 4.98 Å². The Morgan fingerprint density at radius 1 is 1.31 bits per heavy atom. The summed E-state index contributed by atoms with van der Waals surface area (Å²) >= 11 is 1.71. The third-order valence-electron chi connectivity index (χ3n) is 5.42. The zero-order valence-corrected chi connectivity index (χ0v) is 17.8. The van der Waals surface area contributed by atoms with Gasteiger partial charge < -0.3 is 14.6 Å². The molecule has 1 aromatic carbocycles. The normalized spacial score (nSPS) is 15.5. The lowest BCUT2D eigenvalue weighted by molar-refractivity contribution is 0.0951. The van der Waals surface area contributed by atoms with Gasteiger partial charge >= 0.3 is 0 Å². The summed E-state index contributed by atoms with van der Waals surface area (Å²) in [6, 6.07) is 10.6. The Morgan fingerprint density at radius 2 is 2.17 bits per heavy atom. The second-order valence-corrected chi connectivity index (χ2v) is 8.61. The van der Waals surface area contributed by atoms with E-state index in [1.54, 1.807) is 23.7 Å². The van der Waals surface area contributed by atoms with E-state index >= 15 is 0 Å². The first-order valence-electron chi connectivity index (χ1n) is 10.2. The second kappa shape index (κ2) is 8.82. The van der Waals surface area contributed by atoms with Crippen LogP contribution < -0.4 is 10.2 Å². The molecule has 2 aromatic heterocycles. The first-order valence-corrected chi connectivity index (χ1v) is 11.1. The average Bonchev–Trinajstić information content (AvgIpc) is 3.41. The van der Waals surface area contributed by atoms with Crippen LogP contribution in [0.15, 0.2) is 46.4 Å². The van der Waals surface area contributed by atoms with Gasteiger partial charge in [-0.1, -0.05) is 18.2 Å². The molecular weight excluding hydrogens is 382 g/mol. The minimum absolute atomic E-state index is 0.0565. The van der Waals surface area contributed by atoms with Gasteiger partial charge in [-0.15, -0.1) is 11.3 Å². The fourth-order valence-corrected chi connectivity index (χ4v) is 4.72. The molecule has 1 aliphatic rings. The molecule has 4 rings (SSSR count). The quantitative estimate of drug-likeness (QED) is 0.546. The van der Waals surface area contributed by atoms with E-state index in [9.17, 15) is 4.79 Å². The molecule has 0 fully saturated rings. The highest BCUT2D eigenvalue weighted by molar-refractivity contribution is 7.09. The van der Waals surface area contributed by atoms with Crippen molar-refractivity contribution in [3.05, 3.63) is 69.6 Å². The lowest BCUT2D eigenvalue weighted by Crippen LogP contribution is -2.30. The first kappa shape index (κ1) is 19.7. The van der Waals surface area contributed by atoms with Crippen molar-refractivity contribution in [3.8, 4) is 0 Å². The van der Waals surface area contributed by atoms with Crippen molar-refractivity contribution in [1.29, 1.82) is 0 Å². The number of thiazole rings is 1. The molecule has 6 heteroatoms. The number of carbonyl (C=O) groups is 1. The molecule has 0 spiro atoms. The number of fused-ring (bicyclic) bond motifs is 1.